The highest BCUT2D eigenvalue weighted by atomic mass is 19.4. The molecule has 2 amide bonds. The van der Waals surface area contributed by atoms with Gasteiger partial charge in [-0.1, -0.05) is 30.3 Å². The Hall–Kier alpha value is -2.94. The van der Waals surface area contributed by atoms with Crippen LogP contribution in [0.2, 0.25) is 0 Å². The second-order valence-electron chi connectivity index (χ2n) is 10.2. The number of alkyl halides is 3. The van der Waals surface area contributed by atoms with Crippen molar-refractivity contribution in [3.63, 3.8) is 0 Å². The molecule has 2 saturated carbocycles. The molecule has 0 bridgehead atoms. The van der Waals surface area contributed by atoms with Gasteiger partial charge in [-0.3, -0.25) is 9.59 Å². The molecule has 194 valence electrons. The van der Waals surface area contributed by atoms with Crippen molar-refractivity contribution in [2.75, 3.05) is 0 Å². The Labute approximate surface area is 207 Å². The standard InChI is InChI=1S/C27H30F4N2O3/c1-25(36,27(29,30)31)18-8-6-17(7-9-18)24(35)33(19-10-11-19)20-12-14-26(15-13-20,16-23(32)34)21-4-2-3-5-22(21)28/h2-9,19-20,36H,10-16H2,1H3,(H2,32,34)/t20?,25-,26?/m0/s1. The maximum absolute atomic E-state index is 14.7. The summed E-state index contributed by atoms with van der Waals surface area (Å²) in [5.41, 5.74) is 2.12. The van der Waals surface area contributed by atoms with Gasteiger partial charge in [0, 0.05) is 29.5 Å². The van der Waals surface area contributed by atoms with Crippen molar-refractivity contribution in [2.45, 2.75) is 81.1 Å². The molecular weight excluding hydrogens is 476 g/mol. The third kappa shape index (κ3) is 4.98. The molecule has 5 nitrogen and oxygen atoms in total. The fourth-order valence-corrected chi connectivity index (χ4v) is 5.43. The third-order valence-electron chi connectivity index (χ3n) is 7.68. The number of carbonyl (C=O) groups is 2. The highest BCUT2D eigenvalue weighted by Crippen LogP contribution is 2.46. The molecule has 3 N–H and O–H groups in total. The van der Waals surface area contributed by atoms with Gasteiger partial charge in [0.25, 0.3) is 5.91 Å². The summed E-state index contributed by atoms with van der Waals surface area (Å²) in [7, 11) is 0. The van der Waals surface area contributed by atoms with E-state index >= 15 is 0 Å². The van der Waals surface area contributed by atoms with Crippen molar-refractivity contribution in [1.82, 2.24) is 4.90 Å². The Morgan fingerprint density at radius 2 is 1.56 bits per heavy atom. The van der Waals surface area contributed by atoms with E-state index in [-0.39, 0.29) is 41.4 Å². The summed E-state index contributed by atoms with van der Waals surface area (Å²) in [5.74, 6) is -1.18. The van der Waals surface area contributed by atoms with E-state index in [9.17, 15) is 32.3 Å². The molecule has 36 heavy (non-hydrogen) atoms. The van der Waals surface area contributed by atoms with E-state index in [0.717, 1.165) is 25.0 Å². The number of hydrogen-bond donors (Lipinski definition) is 2. The van der Waals surface area contributed by atoms with E-state index in [1.165, 1.54) is 18.2 Å². The molecule has 0 saturated heterocycles. The van der Waals surface area contributed by atoms with Crippen LogP contribution in [0.5, 0.6) is 0 Å². The van der Waals surface area contributed by atoms with Crippen molar-refractivity contribution in [3.8, 4) is 0 Å². The number of amides is 2. The Balaban J connectivity index is 1.54. The van der Waals surface area contributed by atoms with E-state index < -0.39 is 23.1 Å². The van der Waals surface area contributed by atoms with Crippen LogP contribution in [0.25, 0.3) is 0 Å². The lowest BCUT2D eigenvalue weighted by Gasteiger charge is -2.44. The number of hydrogen-bond acceptors (Lipinski definition) is 3. The summed E-state index contributed by atoms with van der Waals surface area (Å²) in [6.45, 7) is 0.677. The zero-order chi connectivity index (χ0) is 26.3. The average Bonchev–Trinajstić information content (AvgIpc) is 3.65. The molecule has 1 atom stereocenters. The van der Waals surface area contributed by atoms with Crippen LogP contribution in [-0.4, -0.2) is 40.1 Å². The monoisotopic (exact) mass is 506 g/mol. The molecule has 0 radical (unpaired) electrons. The van der Waals surface area contributed by atoms with Gasteiger partial charge in [-0.2, -0.15) is 13.2 Å². The highest BCUT2D eigenvalue weighted by molar-refractivity contribution is 5.95. The smallest absolute Gasteiger partial charge is 0.376 e. The van der Waals surface area contributed by atoms with Gasteiger partial charge in [0.1, 0.15) is 5.82 Å². The second kappa shape index (κ2) is 9.50. The van der Waals surface area contributed by atoms with E-state index in [2.05, 4.69) is 0 Å². The molecule has 2 aliphatic carbocycles. The van der Waals surface area contributed by atoms with Gasteiger partial charge < -0.3 is 15.7 Å². The van der Waals surface area contributed by atoms with Crippen molar-refractivity contribution >= 4 is 11.8 Å². The lowest BCUT2D eigenvalue weighted by atomic mass is 9.65. The lowest BCUT2D eigenvalue weighted by Crippen LogP contribution is -2.47. The summed E-state index contributed by atoms with van der Waals surface area (Å²) in [6, 6.07) is 11.1. The van der Waals surface area contributed by atoms with E-state index in [4.69, 9.17) is 5.73 Å². The van der Waals surface area contributed by atoms with Gasteiger partial charge in [0.05, 0.1) is 0 Å². The van der Waals surface area contributed by atoms with Crippen LogP contribution in [0.15, 0.2) is 48.5 Å². The summed E-state index contributed by atoms with van der Waals surface area (Å²) >= 11 is 0. The fraction of sp³-hybridized carbons (Fsp3) is 0.481. The third-order valence-corrected chi connectivity index (χ3v) is 7.68. The first-order valence-electron chi connectivity index (χ1n) is 12.1. The Bertz CT molecular complexity index is 1120. The van der Waals surface area contributed by atoms with Gasteiger partial charge in [-0.05, 0) is 74.8 Å². The van der Waals surface area contributed by atoms with Crippen LogP contribution in [0.4, 0.5) is 17.6 Å². The SMILES string of the molecule is C[C@](O)(c1ccc(C(=O)N(C2CC2)C2CCC(CC(N)=O)(c3ccccc3F)CC2)cc1)C(F)(F)F. The molecule has 2 aromatic carbocycles. The van der Waals surface area contributed by atoms with Gasteiger partial charge >= 0.3 is 6.18 Å². The number of nitrogens with zero attached hydrogens (tertiary/aromatic N) is 1. The Morgan fingerprint density at radius 1 is 1.00 bits per heavy atom. The number of aliphatic hydroxyl groups is 1. The number of primary amides is 1. The molecule has 0 spiro atoms. The quantitative estimate of drug-likeness (QED) is 0.521. The maximum Gasteiger partial charge on any atom is 0.421 e. The second-order valence-corrected chi connectivity index (χ2v) is 10.2. The van der Waals surface area contributed by atoms with Gasteiger partial charge in [0.2, 0.25) is 5.91 Å². The van der Waals surface area contributed by atoms with Crippen LogP contribution >= 0.6 is 0 Å². The number of carbonyl (C=O) groups excluding carboxylic acids is 2. The van der Waals surface area contributed by atoms with Gasteiger partial charge in [-0.25, -0.2) is 4.39 Å². The summed E-state index contributed by atoms with van der Waals surface area (Å²) in [5, 5.41) is 9.91. The minimum Gasteiger partial charge on any atom is -0.376 e. The highest BCUT2D eigenvalue weighted by Gasteiger charge is 2.51. The summed E-state index contributed by atoms with van der Waals surface area (Å²) in [6.07, 6.45) is -1.12. The molecule has 2 fully saturated rings. The van der Waals surface area contributed by atoms with E-state index in [0.29, 0.717) is 38.2 Å². The molecular formula is C27H30F4N2O3. The summed E-state index contributed by atoms with van der Waals surface area (Å²) < 4.78 is 54.2. The molecule has 9 heteroatoms. The predicted molar refractivity (Wildman–Crippen MR) is 125 cm³/mol. The van der Waals surface area contributed by atoms with E-state index in [1.807, 2.05) is 0 Å². The molecule has 0 aromatic heterocycles. The Kier molecular flexibility index (Phi) is 6.90. The van der Waals surface area contributed by atoms with Crippen LogP contribution in [0.3, 0.4) is 0 Å². The van der Waals surface area contributed by atoms with Crippen LogP contribution in [-0.2, 0) is 15.8 Å². The van der Waals surface area contributed by atoms with Gasteiger partial charge in [-0.15, -0.1) is 0 Å². The van der Waals surface area contributed by atoms with Crippen LogP contribution in [0, 0.1) is 5.82 Å². The predicted octanol–water partition coefficient (Wildman–Crippen LogP) is 4.96. The minimum absolute atomic E-state index is 0.0125. The fourth-order valence-electron chi connectivity index (χ4n) is 5.43. The van der Waals surface area contributed by atoms with Crippen molar-refractivity contribution in [1.29, 1.82) is 0 Å². The molecule has 2 aromatic rings. The first-order valence-corrected chi connectivity index (χ1v) is 12.1. The average molecular weight is 507 g/mol. The zero-order valence-corrected chi connectivity index (χ0v) is 20.0. The van der Waals surface area contributed by atoms with Crippen molar-refractivity contribution in [2.24, 2.45) is 5.73 Å². The minimum atomic E-state index is -4.85. The van der Waals surface area contributed by atoms with Crippen LogP contribution in [0.1, 0.15) is 73.4 Å². The summed E-state index contributed by atoms with van der Waals surface area (Å²) in [4.78, 5) is 27.1. The normalized spacial score (nSPS) is 24.1. The Morgan fingerprint density at radius 3 is 2.06 bits per heavy atom. The van der Waals surface area contributed by atoms with E-state index in [1.54, 1.807) is 23.1 Å². The van der Waals surface area contributed by atoms with Gasteiger partial charge in [0.15, 0.2) is 5.60 Å². The van der Waals surface area contributed by atoms with Crippen molar-refractivity contribution < 1.29 is 32.3 Å². The first-order chi connectivity index (χ1) is 16.9. The molecule has 2 aliphatic rings. The number of nitrogens with two attached hydrogens (primary N) is 1. The van der Waals surface area contributed by atoms with Crippen molar-refractivity contribution in [3.05, 3.63) is 71.0 Å². The first kappa shape index (κ1) is 26.1. The molecule has 0 heterocycles. The number of benzene rings is 2. The number of halogens is 4. The largest absolute Gasteiger partial charge is 0.421 e. The molecule has 4 rings (SSSR count). The van der Waals surface area contributed by atoms with Crippen LogP contribution < -0.4 is 5.73 Å². The topological polar surface area (TPSA) is 83.6 Å². The maximum atomic E-state index is 14.7. The lowest BCUT2D eigenvalue weighted by molar-refractivity contribution is -0.258. The number of rotatable bonds is 7. The zero-order valence-electron chi connectivity index (χ0n) is 20.0. The molecule has 0 unspecified atom stereocenters. The molecule has 0 aliphatic heterocycles.